The van der Waals surface area contributed by atoms with Crippen molar-refractivity contribution in [2.75, 3.05) is 26.2 Å². The molecule has 41 heavy (non-hydrogen) atoms. The molecule has 218 valence electrons. The Kier molecular flexibility index (Phi) is 9.90. The minimum absolute atomic E-state index is 0.0814. The van der Waals surface area contributed by atoms with E-state index in [9.17, 15) is 4.79 Å². The van der Waals surface area contributed by atoms with Gasteiger partial charge in [0.05, 0.1) is 11.6 Å². The number of rotatable bonds is 5. The first-order valence-electron chi connectivity index (χ1n) is 14.2. The van der Waals surface area contributed by atoms with Crippen molar-refractivity contribution >= 4 is 23.5 Å². The summed E-state index contributed by atoms with van der Waals surface area (Å²) in [6.07, 6.45) is 3.79. The molecule has 3 aromatic rings. The third-order valence-corrected chi connectivity index (χ3v) is 7.38. The van der Waals surface area contributed by atoms with Crippen LogP contribution in [-0.4, -0.2) is 60.2 Å². The van der Waals surface area contributed by atoms with E-state index in [-0.39, 0.29) is 18.6 Å². The predicted octanol–water partition coefficient (Wildman–Crippen LogP) is 5.56. The van der Waals surface area contributed by atoms with Crippen LogP contribution in [0.15, 0.2) is 52.9 Å². The van der Waals surface area contributed by atoms with Gasteiger partial charge in [-0.25, -0.2) is 4.79 Å². The second-order valence-electron chi connectivity index (χ2n) is 11.6. The van der Waals surface area contributed by atoms with E-state index in [1.54, 1.807) is 4.90 Å². The first-order valence-corrected chi connectivity index (χ1v) is 14.2. The van der Waals surface area contributed by atoms with Crippen LogP contribution in [0.2, 0.25) is 0 Å². The Balaban J connectivity index is 0.00000124. The molecule has 0 radical (unpaired) electrons. The van der Waals surface area contributed by atoms with Crippen molar-refractivity contribution in [3.05, 3.63) is 65.4 Å². The van der Waals surface area contributed by atoms with E-state index in [0.717, 1.165) is 67.8 Å². The zero-order valence-electron chi connectivity index (χ0n) is 24.2. The Bertz CT molecular complexity index is 1340. The van der Waals surface area contributed by atoms with Gasteiger partial charge in [-0.1, -0.05) is 12.1 Å². The number of nitrogens with two attached hydrogens (primary N) is 1. The molecule has 0 unspecified atom stereocenters. The van der Waals surface area contributed by atoms with Crippen LogP contribution in [0, 0.1) is 11.3 Å². The maximum atomic E-state index is 12.3. The number of ether oxygens (including phenoxy) is 2. The number of hydrogen-bond acceptors (Lipinski definition) is 7. The van der Waals surface area contributed by atoms with Crippen LogP contribution in [0.3, 0.4) is 0 Å². The smallest absolute Gasteiger partial charge is 0.410 e. The van der Waals surface area contributed by atoms with Crippen molar-refractivity contribution in [3.8, 4) is 11.8 Å². The van der Waals surface area contributed by atoms with E-state index in [4.69, 9.17) is 23.9 Å². The molecule has 0 saturated carbocycles. The largest absolute Gasteiger partial charge is 0.490 e. The molecule has 9 nitrogen and oxygen atoms in total. The number of furan rings is 1. The summed E-state index contributed by atoms with van der Waals surface area (Å²) in [5.74, 6) is 2.32. The second-order valence-corrected chi connectivity index (χ2v) is 11.6. The lowest BCUT2D eigenvalue weighted by molar-refractivity contribution is -0.106. The molecule has 9 heteroatoms. The maximum absolute atomic E-state index is 12.3. The average molecular weight is 561 g/mol. The van der Waals surface area contributed by atoms with Crippen LogP contribution in [0.25, 0.3) is 11.0 Å². The molecule has 2 amide bonds. The van der Waals surface area contributed by atoms with Crippen molar-refractivity contribution in [1.82, 2.24) is 9.80 Å². The summed E-state index contributed by atoms with van der Waals surface area (Å²) in [6.45, 7) is 9.91. The molecule has 0 spiro atoms. The van der Waals surface area contributed by atoms with Crippen molar-refractivity contribution in [2.24, 2.45) is 5.73 Å². The monoisotopic (exact) mass is 560 g/mol. The molecule has 5 rings (SSSR count). The van der Waals surface area contributed by atoms with Gasteiger partial charge in [0.25, 0.3) is 0 Å². The van der Waals surface area contributed by atoms with E-state index in [0.29, 0.717) is 24.6 Å². The molecule has 0 atom stereocenters. The number of amides is 2. The van der Waals surface area contributed by atoms with E-state index in [1.807, 2.05) is 57.2 Å². The van der Waals surface area contributed by atoms with E-state index in [2.05, 4.69) is 28.8 Å². The van der Waals surface area contributed by atoms with E-state index < -0.39 is 5.60 Å². The van der Waals surface area contributed by atoms with Gasteiger partial charge in [0.1, 0.15) is 28.8 Å². The van der Waals surface area contributed by atoms with Crippen molar-refractivity contribution in [1.29, 1.82) is 5.26 Å². The minimum Gasteiger partial charge on any atom is -0.490 e. The van der Waals surface area contributed by atoms with Crippen molar-refractivity contribution in [3.63, 3.8) is 0 Å². The molecule has 2 N–H and O–H groups in total. The summed E-state index contributed by atoms with van der Waals surface area (Å²) < 4.78 is 18.0. The van der Waals surface area contributed by atoms with Gasteiger partial charge < -0.3 is 24.5 Å². The number of benzene rings is 2. The molecule has 2 saturated heterocycles. The zero-order chi connectivity index (χ0) is 29.4. The Labute approximate surface area is 241 Å². The van der Waals surface area contributed by atoms with Gasteiger partial charge >= 0.3 is 6.09 Å². The van der Waals surface area contributed by atoms with Crippen LogP contribution in [0.5, 0.6) is 5.75 Å². The highest BCUT2D eigenvalue weighted by Gasteiger charge is 2.28. The minimum atomic E-state index is -0.480. The summed E-state index contributed by atoms with van der Waals surface area (Å²) in [4.78, 5) is 25.1. The zero-order valence-corrected chi connectivity index (χ0v) is 24.2. The molecule has 0 aliphatic carbocycles. The Morgan fingerprint density at radius 1 is 1.05 bits per heavy atom. The van der Waals surface area contributed by atoms with Crippen LogP contribution in [-0.2, 0) is 16.1 Å². The Hall–Kier alpha value is -4.03. The molecular weight excluding hydrogens is 520 g/mol. The number of likely N-dealkylation sites (tertiary alicyclic amines) is 2. The lowest BCUT2D eigenvalue weighted by Gasteiger charge is -2.33. The summed E-state index contributed by atoms with van der Waals surface area (Å²) in [7, 11) is 0. The first kappa shape index (κ1) is 29.9. The van der Waals surface area contributed by atoms with Crippen LogP contribution < -0.4 is 10.5 Å². The number of carbonyl (C=O) groups is 2. The van der Waals surface area contributed by atoms with Gasteiger partial charge in [0.2, 0.25) is 6.41 Å². The Morgan fingerprint density at radius 3 is 2.32 bits per heavy atom. The highest BCUT2D eigenvalue weighted by atomic mass is 16.6. The molecule has 0 bridgehead atoms. The summed E-state index contributed by atoms with van der Waals surface area (Å²) >= 11 is 0. The number of nitrogens with zero attached hydrogens (tertiary/aromatic N) is 3. The fourth-order valence-electron chi connectivity index (χ4n) is 5.31. The third kappa shape index (κ3) is 8.48. The second kappa shape index (κ2) is 13.6. The maximum Gasteiger partial charge on any atom is 0.410 e. The number of primary amides is 1. The molecular formula is C32H40N4O5. The van der Waals surface area contributed by atoms with Gasteiger partial charge in [-0.3, -0.25) is 9.69 Å². The van der Waals surface area contributed by atoms with Crippen LogP contribution in [0.4, 0.5) is 4.79 Å². The average Bonchev–Trinajstić information content (AvgIpc) is 3.37. The fraction of sp³-hybridized carbons (Fsp3) is 0.469. The summed E-state index contributed by atoms with van der Waals surface area (Å²) in [6, 6.07) is 18.3. The molecule has 3 heterocycles. The molecule has 2 fully saturated rings. The quantitative estimate of drug-likeness (QED) is 0.405. The van der Waals surface area contributed by atoms with Crippen LogP contribution >= 0.6 is 0 Å². The van der Waals surface area contributed by atoms with E-state index in [1.165, 1.54) is 5.56 Å². The lowest BCUT2D eigenvalue weighted by Crippen LogP contribution is -2.44. The molecule has 2 aromatic carbocycles. The SMILES string of the molecule is CC(C)(C)OC(=O)N1CCC(Oc2ccc3oc(C4CCN(Cc5ccc(C#N)cc5)CC4)cc3c2)CC1.NC=O. The van der Waals surface area contributed by atoms with Crippen molar-refractivity contribution < 1.29 is 23.5 Å². The molecule has 2 aliphatic heterocycles. The molecule has 1 aromatic heterocycles. The van der Waals surface area contributed by atoms with Gasteiger partial charge in [0.15, 0.2) is 0 Å². The highest BCUT2D eigenvalue weighted by Crippen LogP contribution is 2.34. The topological polar surface area (TPSA) is 122 Å². The first-order chi connectivity index (χ1) is 19.7. The number of piperidine rings is 2. The summed E-state index contributed by atoms with van der Waals surface area (Å²) in [5, 5.41) is 10.1. The van der Waals surface area contributed by atoms with Crippen molar-refractivity contribution in [2.45, 2.75) is 70.6 Å². The van der Waals surface area contributed by atoms with E-state index >= 15 is 0 Å². The van der Waals surface area contributed by atoms with Gasteiger partial charge in [-0.15, -0.1) is 0 Å². The number of fused-ring (bicyclic) bond motifs is 1. The van der Waals surface area contributed by atoms with Gasteiger partial charge in [0, 0.05) is 43.8 Å². The number of hydrogen-bond donors (Lipinski definition) is 1. The standard InChI is InChI=1S/C31H37N3O4.CH3NO/c1-31(2,3)38-30(35)34-16-12-26(13-17-34)36-27-8-9-28-25(18-27)19-29(37-28)24-10-14-33(15-11-24)21-23-6-4-22(20-32)5-7-23;2-1-3/h4-9,18-19,24,26H,10-17,21H2,1-3H3;1H,(H2,2,3). The highest BCUT2D eigenvalue weighted by molar-refractivity contribution is 5.79. The predicted molar refractivity (Wildman–Crippen MR) is 156 cm³/mol. The number of carbonyl (C=O) groups excluding carboxylic acids is 2. The fourth-order valence-corrected chi connectivity index (χ4v) is 5.31. The molecule has 2 aliphatic rings. The lowest BCUT2D eigenvalue weighted by atomic mass is 9.94. The van der Waals surface area contributed by atoms with Gasteiger partial charge in [-0.2, -0.15) is 5.26 Å². The summed E-state index contributed by atoms with van der Waals surface area (Å²) in [5.41, 5.74) is 6.53. The Morgan fingerprint density at radius 2 is 1.71 bits per heavy atom. The van der Waals surface area contributed by atoms with Crippen LogP contribution in [0.1, 0.15) is 69.3 Å². The third-order valence-electron chi connectivity index (χ3n) is 7.38. The number of nitriles is 1. The normalized spacial score (nSPS) is 16.9. The van der Waals surface area contributed by atoms with Gasteiger partial charge in [-0.05, 0) is 88.7 Å².